The third-order valence-corrected chi connectivity index (χ3v) is 5.05. The molecule has 2 rings (SSSR count). The number of carbonyl (C=O) groups is 2. The van der Waals surface area contributed by atoms with E-state index in [-0.39, 0.29) is 18.7 Å². The first-order valence-electron chi connectivity index (χ1n) is 8.59. The maximum absolute atomic E-state index is 12.4. The normalized spacial score (nSPS) is 10.7. The summed E-state index contributed by atoms with van der Waals surface area (Å²) in [6.07, 6.45) is 1.46. The van der Waals surface area contributed by atoms with Crippen molar-refractivity contribution in [1.29, 1.82) is 5.26 Å². The van der Waals surface area contributed by atoms with Crippen LogP contribution < -0.4 is 14.8 Å². The van der Waals surface area contributed by atoms with Crippen molar-refractivity contribution in [2.45, 2.75) is 6.54 Å². The minimum absolute atomic E-state index is 0.0504. The highest BCUT2D eigenvalue weighted by molar-refractivity contribution is 9.11. The molecule has 0 spiro atoms. The van der Waals surface area contributed by atoms with Gasteiger partial charge in [-0.05, 0) is 73.3 Å². The smallest absolute Gasteiger partial charge is 0.343 e. The molecule has 30 heavy (non-hydrogen) atoms. The van der Waals surface area contributed by atoms with Crippen molar-refractivity contribution < 1.29 is 23.8 Å². The zero-order valence-corrected chi connectivity index (χ0v) is 19.4. The van der Waals surface area contributed by atoms with E-state index in [9.17, 15) is 14.9 Å². The molecule has 0 heterocycles. The molecule has 0 unspecified atom stereocenters. The third kappa shape index (κ3) is 6.61. The minimum Gasteiger partial charge on any atom is -0.497 e. The Morgan fingerprint density at radius 2 is 1.77 bits per heavy atom. The Morgan fingerprint density at radius 1 is 1.13 bits per heavy atom. The lowest BCUT2D eigenvalue weighted by molar-refractivity contribution is -0.142. The summed E-state index contributed by atoms with van der Waals surface area (Å²) in [5.41, 5.74) is 1.42. The van der Waals surface area contributed by atoms with Crippen molar-refractivity contribution in [2.24, 2.45) is 0 Å². The van der Waals surface area contributed by atoms with Gasteiger partial charge in [-0.1, -0.05) is 12.1 Å². The predicted octanol–water partition coefficient (Wildman–Crippen LogP) is 4.00. The molecule has 2 aromatic rings. The van der Waals surface area contributed by atoms with Gasteiger partial charge in [-0.25, -0.2) is 4.79 Å². The van der Waals surface area contributed by atoms with Crippen LogP contribution in [0.2, 0.25) is 0 Å². The van der Waals surface area contributed by atoms with Gasteiger partial charge in [-0.15, -0.1) is 0 Å². The number of halogens is 2. The standard InChI is InChI=1S/C21H18Br2N2O5/c1-28-16-5-3-13(4-6-16)11-25-21(27)15(10-24)7-14-8-17(22)20(18(23)9-14)30-12-19(26)29-2/h3-9H,11-12H2,1-2H3,(H,25,27)/b15-7-. The van der Waals surface area contributed by atoms with Gasteiger partial charge in [0.2, 0.25) is 0 Å². The number of nitrogens with one attached hydrogen (secondary N) is 1. The monoisotopic (exact) mass is 536 g/mol. The van der Waals surface area contributed by atoms with Gasteiger partial charge in [-0.2, -0.15) is 5.26 Å². The zero-order valence-electron chi connectivity index (χ0n) is 16.2. The molecule has 0 aliphatic heterocycles. The largest absolute Gasteiger partial charge is 0.497 e. The quantitative estimate of drug-likeness (QED) is 0.310. The fraction of sp³-hybridized carbons (Fsp3) is 0.190. The average molecular weight is 538 g/mol. The van der Waals surface area contributed by atoms with Crippen LogP contribution in [0.1, 0.15) is 11.1 Å². The lowest BCUT2D eigenvalue weighted by Gasteiger charge is -2.10. The van der Waals surface area contributed by atoms with Gasteiger partial charge >= 0.3 is 5.97 Å². The molecule has 0 saturated carbocycles. The maximum atomic E-state index is 12.4. The van der Waals surface area contributed by atoms with E-state index in [4.69, 9.17) is 9.47 Å². The Kier molecular flexibility index (Phi) is 8.89. The molecule has 2 aromatic carbocycles. The van der Waals surface area contributed by atoms with E-state index in [1.807, 2.05) is 18.2 Å². The topological polar surface area (TPSA) is 97.7 Å². The van der Waals surface area contributed by atoms with E-state index in [0.29, 0.717) is 20.3 Å². The number of carbonyl (C=O) groups excluding carboxylic acids is 2. The first kappa shape index (κ1) is 23.4. The Balaban J connectivity index is 2.11. The number of nitrogens with zero attached hydrogens (tertiary/aromatic N) is 1. The highest BCUT2D eigenvalue weighted by atomic mass is 79.9. The molecule has 0 fully saturated rings. The van der Waals surface area contributed by atoms with E-state index in [1.165, 1.54) is 13.2 Å². The van der Waals surface area contributed by atoms with Crippen LogP contribution in [-0.2, 0) is 20.9 Å². The molecule has 9 heteroatoms. The summed E-state index contributed by atoms with van der Waals surface area (Å²) in [6, 6.07) is 12.5. The Bertz CT molecular complexity index is 974. The number of ether oxygens (including phenoxy) is 3. The molecule has 156 valence electrons. The SMILES string of the molecule is COC(=O)COc1c(Br)cc(/C=C(/C#N)C(=O)NCc2ccc(OC)cc2)cc1Br. The number of benzene rings is 2. The van der Waals surface area contributed by atoms with Gasteiger partial charge in [0.05, 0.1) is 23.2 Å². The van der Waals surface area contributed by atoms with E-state index in [0.717, 1.165) is 11.3 Å². The van der Waals surface area contributed by atoms with Crippen molar-refractivity contribution in [3.63, 3.8) is 0 Å². The number of methoxy groups -OCH3 is 2. The Labute approximate surface area is 190 Å². The van der Waals surface area contributed by atoms with Gasteiger partial charge in [0, 0.05) is 6.54 Å². The zero-order chi connectivity index (χ0) is 22.1. The number of amides is 1. The van der Waals surface area contributed by atoms with E-state index in [2.05, 4.69) is 41.9 Å². The fourth-order valence-electron chi connectivity index (χ4n) is 2.33. The van der Waals surface area contributed by atoms with Crippen molar-refractivity contribution in [2.75, 3.05) is 20.8 Å². The summed E-state index contributed by atoms with van der Waals surface area (Å²) in [5.74, 6) is 0.113. The van der Waals surface area contributed by atoms with Crippen LogP contribution >= 0.6 is 31.9 Å². The molecule has 0 radical (unpaired) electrons. The summed E-state index contributed by atoms with van der Waals surface area (Å²) in [6.45, 7) is 0.0235. The second-order valence-corrected chi connectivity index (χ2v) is 7.59. The maximum Gasteiger partial charge on any atom is 0.343 e. The number of hydrogen-bond acceptors (Lipinski definition) is 6. The molecule has 1 amide bonds. The summed E-state index contributed by atoms with van der Waals surface area (Å²) in [7, 11) is 2.85. The first-order valence-corrected chi connectivity index (χ1v) is 10.2. The summed E-state index contributed by atoms with van der Waals surface area (Å²) < 4.78 is 16.1. The Morgan fingerprint density at radius 3 is 2.30 bits per heavy atom. The second-order valence-electron chi connectivity index (χ2n) is 5.88. The first-order chi connectivity index (χ1) is 14.4. The highest BCUT2D eigenvalue weighted by Crippen LogP contribution is 2.35. The van der Waals surface area contributed by atoms with Crippen LogP contribution in [0.5, 0.6) is 11.5 Å². The lowest BCUT2D eigenvalue weighted by Crippen LogP contribution is -2.23. The molecular weight excluding hydrogens is 520 g/mol. The lowest BCUT2D eigenvalue weighted by atomic mass is 10.1. The van der Waals surface area contributed by atoms with Crippen molar-refractivity contribution >= 4 is 49.8 Å². The molecule has 0 aliphatic carbocycles. The summed E-state index contributed by atoms with van der Waals surface area (Å²) in [4.78, 5) is 23.7. The van der Waals surface area contributed by atoms with Crippen molar-refractivity contribution in [3.05, 3.63) is 62.0 Å². The molecule has 0 atom stereocenters. The molecular formula is C21H18Br2N2O5. The molecule has 0 saturated heterocycles. The van der Waals surface area contributed by atoms with Crippen LogP contribution in [0.4, 0.5) is 0 Å². The fourth-order valence-corrected chi connectivity index (χ4v) is 3.78. The van der Waals surface area contributed by atoms with Crippen molar-refractivity contribution in [1.82, 2.24) is 5.32 Å². The number of nitriles is 1. The van der Waals surface area contributed by atoms with E-state index >= 15 is 0 Å². The summed E-state index contributed by atoms with van der Waals surface area (Å²) in [5, 5.41) is 12.1. The van der Waals surface area contributed by atoms with Gasteiger partial charge in [0.15, 0.2) is 6.61 Å². The number of hydrogen-bond donors (Lipinski definition) is 1. The van der Waals surface area contributed by atoms with Crippen LogP contribution in [0.25, 0.3) is 6.08 Å². The van der Waals surface area contributed by atoms with Crippen LogP contribution in [0, 0.1) is 11.3 Å². The summed E-state index contributed by atoms with van der Waals surface area (Å²) >= 11 is 6.72. The second kappa shape index (κ2) is 11.4. The molecule has 7 nitrogen and oxygen atoms in total. The van der Waals surface area contributed by atoms with E-state index < -0.39 is 11.9 Å². The average Bonchev–Trinajstić information content (AvgIpc) is 2.75. The Hall–Kier alpha value is -2.83. The van der Waals surface area contributed by atoms with E-state index in [1.54, 1.807) is 31.4 Å². The molecule has 0 aromatic heterocycles. The van der Waals surface area contributed by atoms with Crippen LogP contribution in [0.15, 0.2) is 50.9 Å². The number of rotatable bonds is 8. The van der Waals surface area contributed by atoms with Crippen LogP contribution in [0.3, 0.4) is 0 Å². The van der Waals surface area contributed by atoms with Crippen LogP contribution in [-0.4, -0.2) is 32.7 Å². The third-order valence-electron chi connectivity index (χ3n) is 3.87. The number of esters is 1. The van der Waals surface area contributed by atoms with Gasteiger partial charge in [0.25, 0.3) is 5.91 Å². The van der Waals surface area contributed by atoms with Crippen molar-refractivity contribution in [3.8, 4) is 17.6 Å². The molecule has 1 N–H and O–H groups in total. The van der Waals surface area contributed by atoms with Gasteiger partial charge < -0.3 is 19.5 Å². The predicted molar refractivity (Wildman–Crippen MR) is 118 cm³/mol. The van der Waals surface area contributed by atoms with Gasteiger partial charge in [-0.3, -0.25) is 4.79 Å². The molecule has 0 bridgehead atoms. The van der Waals surface area contributed by atoms with Gasteiger partial charge in [0.1, 0.15) is 23.1 Å². The molecule has 0 aliphatic rings. The highest BCUT2D eigenvalue weighted by Gasteiger charge is 2.13. The minimum atomic E-state index is -0.516.